The SMILES string of the molecule is CCOc1cc(N)cc(NCCc2ccnn2C)c1. The monoisotopic (exact) mass is 260 g/mol. The van der Waals surface area contributed by atoms with Crippen molar-refractivity contribution in [3.05, 3.63) is 36.2 Å². The fourth-order valence-corrected chi connectivity index (χ4v) is 1.96. The van der Waals surface area contributed by atoms with E-state index in [1.165, 1.54) is 5.69 Å². The van der Waals surface area contributed by atoms with E-state index >= 15 is 0 Å². The Morgan fingerprint density at radius 3 is 2.89 bits per heavy atom. The number of benzene rings is 1. The molecule has 0 bridgehead atoms. The quantitative estimate of drug-likeness (QED) is 0.780. The third-order valence-electron chi connectivity index (χ3n) is 2.87. The first kappa shape index (κ1) is 13.3. The topological polar surface area (TPSA) is 65.1 Å². The fraction of sp³-hybridized carbons (Fsp3) is 0.357. The third-order valence-corrected chi connectivity index (χ3v) is 2.87. The molecular weight excluding hydrogens is 240 g/mol. The number of anilines is 2. The lowest BCUT2D eigenvalue weighted by Crippen LogP contribution is -2.08. The number of aromatic nitrogens is 2. The predicted octanol–water partition coefficient (Wildman–Crippen LogP) is 2.06. The largest absolute Gasteiger partial charge is 0.494 e. The highest BCUT2D eigenvalue weighted by molar-refractivity contribution is 5.59. The van der Waals surface area contributed by atoms with Gasteiger partial charge in [0.1, 0.15) is 5.75 Å². The number of nitrogens with zero attached hydrogens (tertiary/aromatic N) is 2. The van der Waals surface area contributed by atoms with Crippen molar-refractivity contribution >= 4 is 11.4 Å². The fourth-order valence-electron chi connectivity index (χ4n) is 1.96. The Labute approximate surface area is 113 Å². The van der Waals surface area contributed by atoms with E-state index in [0.29, 0.717) is 12.3 Å². The van der Waals surface area contributed by atoms with Crippen LogP contribution in [0.2, 0.25) is 0 Å². The number of nitrogens with two attached hydrogens (primary N) is 1. The molecular formula is C14H20N4O. The van der Waals surface area contributed by atoms with Gasteiger partial charge in [-0.2, -0.15) is 5.10 Å². The molecule has 0 unspecified atom stereocenters. The lowest BCUT2D eigenvalue weighted by Gasteiger charge is -2.10. The average Bonchev–Trinajstić information content (AvgIpc) is 2.75. The Morgan fingerprint density at radius 2 is 2.21 bits per heavy atom. The highest BCUT2D eigenvalue weighted by Crippen LogP contribution is 2.22. The van der Waals surface area contributed by atoms with Crippen LogP contribution in [0.3, 0.4) is 0 Å². The van der Waals surface area contributed by atoms with Gasteiger partial charge in [0, 0.05) is 55.4 Å². The molecule has 1 heterocycles. The Kier molecular flexibility index (Phi) is 4.28. The number of nitrogens with one attached hydrogen (secondary N) is 1. The summed E-state index contributed by atoms with van der Waals surface area (Å²) < 4.78 is 7.35. The zero-order chi connectivity index (χ0) is 13.7. The summed E-state index contributed by atoms with van der Waals surface area (Å²) >= 11 is 0. The van der Waals surface area contributed by atoms with Crippen molar-refractivity contribution in [2.45, 2.75) is 13.3 Å². The third kappa shape index (κ3) is 3.64. The lowest BCUT2D eigenvalue weighted by atomic mass is 10.2. The number of ether oxygens (including phenoxy) is 1. The van der Waals surface area contributed by atoms with E-state index in [2.05, 4.69) is 10.4 Å². The van der Waals surface area contributed by atoms with Gasteiger partial charge in [-0.3, -0.25) is 4.68 Å². The molecule has 102 valence electrons. The van der Waals surface area contributed by atoms with E-state index < -0.39 is 0 Å². The smallest absolute Gasteiger partial charge is 0.123 e. The number of nitrogen functional groups attached to an aromatic ring is 1. The minimum atomic E-state index is 0.637. The van der Waals surface area contributed by atoms with Crippen LogP contribution in [0.5, 0.6) is 5.75 Å². The van der Waals surface area contributed by atoms with Gasteiger partial charge in [0.2, 0.25) is 0 Å². The number of aryl methyl sites for hydroxylation is 1. The average molecular weight is 260 g/mol. The van der Waals surface area contributed by atoms with Crippen LogP contribution in [0.15, 0.2) is 30.5 Å². The number of hydrogen-bond donors (Lipinski definition) is 2. The van der Waals surface area contributed by atoms with E-state index in [0.717, 1.165) is 24.4 Å². The Hall–Kier alpha value is -2.17. The number of rotatable bonds is 6. The molecule has 0 aliphatic rings. The first-order chi connectivity index (χ1) is 9.19. The van der Waals surface area contributed by atoms with Crippen LogP contribution in [-0.4, -0.2) is 22.9 Å². The van der Waals surface area contributed by atoms with Crippen molar-refractivity contribution in [2.24, 2.45) is 7.05 Å². The summed E-state index contributed by atoms with van der Waals surface area (Å²) in [5.74, 6) is 0.797. The molecule has 2 aromatic rings. The van der Waals surface area contributed by atoms with E-state index in [1.54, 1.807) is 0 Å². The molecule has 0 radical (unpaired) electrons. The first-order valence-corrected chi connectivity index (χ1v) is 6.43. The molecule has 0 saturated carbocycles. The molecule has 0 spiro atoms. The van der Waals surface area contributed by atoms with Gasteiger partial charge in [0.15, 0.2) is 0 Å². The summed E-state index contributed by atoms with van der Waals surface area (Å²) in [7, 11) is 1.95. The molecule has 3 N–H and O–H groups in total. The van der Waals surface area contributed by atoms with Gasteiger partial charge in [0.05, 0.1) is 6.61 Å². The van der Waals surface area contributed by atoms with E-state index in [1.807, 2.05) is 49.1 Å². The molecule has 0 fully saturated rings. The van der Waals surface area contributed by atoms with Crippen molar-refractivity contribution in [3.63, 3.8) is 0 Å². The van der Waals surface area contributed by atoms with Crippen molar-refractivity contribution in [1.29, 1.82) is 0 Å². The van der Waals surface area contributed by atoms with Crippen LogP contribution in [-0.2, 0) is 13.5 Å². The van der Waals surface area contributed by atoms with Gasteiger partial charge in [-0.05, 0) is 19.1 Å². The second-order valence-corrected chi connectivity index (χ2v) is 4.35. The minimum Gasteiger partial charge on any atom is -0.494 e. The summed E-state index contributed by atoms with van der Waals surface area (Å²) in [6, 6.07) is 7.72. The van der Waals surface area contributed by atoms with E-state index in [-0.39, 0.29) is 0 Å². The Balaban J connectivity index is 1.94. The molecule has 0 atom stereocenters. The van der Waals surface area contributed by atoms with E-state index in [9.17, 15) is 0 Å². The van der Waals surface area contributed by atoms with Crippen molar-refractivity contribution in [3.8, 4) is 5.75 Å². The second kappa shape index (κ2) is 6.13. The predicted molar refractivity (Wildman–Crippen MR) is 77.4 cm³/mol. The summed E-state index contributed by atoms with van der Waals surface area (Å²) in [4.78, 5) is 0. The summed E-state index contributed by atoms with van der Waals surface area (Å²) in [6.45, 7) is 3.42. The van der Waals surface area contributed by atoms with Gasteiger partial charge in [-0.25, -0.2) is 0 Å². The van der Waals surface area contributed by atoms with Crippen molar-refractivity contribution < 1.29 is 4.74 Å². The molecule has 0 aliphatic heterocycles. The summed E-state index contributed by atoms with van der Waals surface area (Å²) in [5, 5.41) is 7.49. The zero-order valence-electron chi connectivity index (χ0n) is 11.4. The summed E-state index contributed by atoms with van der Waals surface area (Å²) in [6.07, 6.45) is 2.72. The molecule has 0 saturated heterocycles. The van der Waals surface area contributed by atoms with Gasteiger partial charge in [-0.1, -0.05) is 0 Å². The molecule has 2 rings (SSSR count). The standard InChI is InChI=1S/C14H20N4O/c1-3-19-14-9-11(15)8-12(10-14)16-6-4-13-5-7-17-18(13)2/h5,7-10,16H,3-4,6,15H2,1-2H3. The van der Waals surface area contributed by atoms with Gasteiger partial charge in [0.25, 0.3) is 0 Å². The molecule has 1 aromatic heterocycles. The van der Waals surface area contributed by atoms with Crippen LogP contribution in [0, 0.1) is 0 Å². The highest BCUT2D eigenvalue weighted by atomic mass is 16.5. The maximum Gasteiger partial charge on any atom is 0.123 e. The maximum atomic E-state index is 5.85. The van der Waals surface area contributed by atoms with Crippen LogP contribution in [0.1, 0.15) is 12.6 Å². The number of hydrogen-bond acceptors (Lipinski definition) is 4. The van der Waals surface area contributed by atoms with Crippen molar-refractivity contribution in [2.75, 3.05) is 24.2 Å². The Bertz CT molecular complexity index is 536. The van der Waals surface area contributed by atoms with Crippen LogP contribution in [0.4, 0.5) is 11.4 Å². The second-order valence-electron chi connectivity index (χ2n) is 4.35. The van der Waals surface area contributed by atoms with Gasteiger partial charge >= 0.3 is 0 Å². The highest BCUT2D eigenvalue weighted by Gasteiger charge is 2.01. The van der Waals surface area contributed by atoms with E-state index in [4.69, 9.17) is 10.5 Å². The molecule has 5 nitrogen and oxygen atoms in total. The molecule has 19 heavy (non-hydrogen) atoms. The summed E-state index contributed by atoms with van der Waals surface area (Å²) in [5.41, 5.74) is 8.72. The van der Waals surface area contributed by atoms with Gasteiger partial charge < -0.3 is 15.8 Å². The van der Waals surface area contributed by atoms with Crippen molar-refractivity contribution in [1.82, 2.24) is 9.78 Å². The minimum absolute atomic E-state index is 0.637. The molecule has 0 amide bonds. The van der Waals surface area contributed by atoms with Gasteiger partial charge in [-0.15, -0.1) is 0 Å². The zero-order valence-corrected chi connectivity index (χ0v) is 11.4. The van der Waals surface area contributed by atoms with Crippen LogP contribution < -0.4 is 15.8 Å². The normalized spacial score (nSPS) is 10.4. The Morgan fingerprint density at radius 1 is 1.37 bits per heavy atom. The molecule has 1 aromatic carbocycles. The molecule has 5 heteroatoms. The maximum absolute atomic E-state index is 5.85. The molecule has 0 aliphatic carbocycles. The van der Waals surface area contributed by atoms with Crippen LogP contribution >= 0.6 is 0 Å². The van der Waals surface area contributed by atoms with Crippen LogP contribution in [0.25, 0.3) is 0 Å². The first-order valence-electron chi connectivity index (χ1n) is 6.43. The lowest BCUT2D eigenvalue weighted by molar-refractivity contribution is 0.340.